The van der Waals surface area contributed by atoms with Gasteiger partial charge in [-0.05, 0) is 12.2 Å². The van der Waals surface area contributed by atoms with Gasteiger partial charge in [-0.25, -0.2) is 13.6 Å². The number of primary sulfonamides is 1. The van der Waals surface area contributed by atoms with E-state index in [1.165, 1.54) is 25.3 Å². The molecule has 0 radical (unpaired) electrons. The predicted octanol–water partition coefficient (Wildman–Crippen LogP) is 0.890. The summed E-state index contributed by atoms with van der Waals surface area (Å²) in [5, 5.41) is 5.26. The van der Waals surface area contributed by atoms with Crippen LogP contribution < -0.4 is 5.14 Å². The lowest BCUT2D eigenvalue weighted by atomic mass is 9.89. The van der Waals surface area contributed by atoms with E-state index in [9.17, 15) is 13.2 Å². The van der Waals surface area contributed by atoms with Gasteiger partial charge in [-0.3, -0.25) is 4.79 Å². The lowest BCUT2D eigenvalue weighted by Gasteiger charge is -2.30. The third kappa shape index (κ3) is 3.09. The van der Waals surface area contributed by atoms with Crippen LogP contribution in [0.4, 0.5) is 0 Å². The van der Waals surface area contributed by atoms with Gasteiger partial charge in [-0.2, -0.15) is 0 Å². The topological polar surface area (TPSA) is 86.5 Å². The van der Waals surface area contributed by atoms with Crippen molar-refractivity contribution in [1.29, 1.82) is 0 Å². The van der Waals surface area contributed by atoms with Crippen LogP contribution in [0.1, 0.15) is 0 Å². The van der Waals surface area contributed by atoms with Crippen LogP contribution in [0.2, 0.25) is 0 Å². The van der Waals surface area contributed by atoms with Crippen LogP contribution in [0.25, 0.3) is 0 Å². The Morgan fingerprint density at radius 1 is 1.71 bits per heavy atom. The summed E-state index contributed by atoms with van der Waals surface area (Å²) in [5.74, 6) is -1.53. The minimum Gasteiger partial charge on any atom is -0.469 e. The minimum atomic E-state index is -3.87. The van der Waals surface area contributed by atoms with Crippen LogP contribution in [0.15, 0.2) is 23.1 Å². The van der Waals surface area contributed by atoms with Gasteiger partial charge in [-0.15, -0.1) is 11.6 Å². The smallest absolute Gasteiger partial charge is 0.314 e. The van der Waals surface area contributed by atoms with Crippen LogP contribution in [-0.4, -0.2) is 31.7 Å². The van der Waals surface area contributed by atoms with Crippen LogP contribution in [0, 0.1) is 5.92 Å². The summed E-state index contributed by atoms with van der Waals surface area (Å²) >= 11 is 9.37. The van der Waals surface area contributed by atoms with Gasteiger partial charge in [0.05, 0.1) is 22.8 Å². The lowest BCUT2D eigenvalue weighted by Crippen LogP contribution is -2.39. The quantitative estimate of drug-likeness (QED) is 0.608. The third-order valence-corrected chi connectivity index (χ3v) is 5.04. The molecular formula is C9H11BrClNO4S. The molecule has 0 spiro atoms. The molecule has 0 saturated heterocycles. The number of carbonyl (C=O) groups is 1. The standard InChI is InChI=1S/C9H11BrClNO4S/c1-16-8(13)7-4-6(17(12,14)15)2-3-9(7,11)5-10/h2-4,7H,5H2,1H3,(H2,12,14,15). The van der Waals surface area contributed by atoms with Crippen LogP contribution >= 0.6 is 27.5 Å². The van der Waals surface area contributed by atoms with E-state index in [0.29, 0.717) is 0 Å². The van der Waals surface area contributed by atoms with Gasteiger partial charge in [0.15, 0.2) is 0 Å². The zero-order valence-electron chi connectivity index (χ0n) is 8.89. The Balaban J connectivity index is 3.23. The highest BCUT2D eigenvalue weighted by atomic mass is 79.9. The maximum Gasteiger partial charge on any atom is 0.314 e. The molecular weight excluding hydrogens is 334 g/mol. The summed E-state index contributed by atoms with van der Waals surface area (Å²) in [6.45, 7) is 0. The fourth-order valence-corrected chi connectivity index (χ4v) is 2.73. The first-order valence-corrected chi connectivity index (χ1v) is 7.56. The van der Waals surface area contributed by atoms with E-state index in [1.54, 1.807) is 0 Å². The average molecular weight is 345 g/mol. The number of allylic oxidation sites excluding steroid dienone is 2. The Hall–Kier alpha value is -0.370. The van der Waals surface area contributed by atoms with Crippen molar-refractivity contribution < 1.29 is 17.9 Å². The number of esters is 1. The molecule has 5 nitrogen and oxygen atoms in total. The summed E-state index contributed by atoms with van der Waals surface area (Å²) in [6.07, 6.45) is 3.91. The summed E-state index contributed by atoms with van der Waals surface area (Å²) in [7, 11) is -2.66. The number of hydrogen-bond donors (Lipinski definition) is 1. The molecule has 0 bridgehead atoms. The van der Waals surface area contributed by atoms with Gasteiger partial charge in [0.25, 0.3) is 0 Å². The highest BCUT2D eigenvalue weighted by Gasteiger charge is 2.41. The molecule has 0 fully saturated rings. The van der Waals surface area contributed by atoms with Gasteiger partial charge in [-0.1, -0.05) is 22.0 Å². The second-order valence-electron chi connectivity index (χ2n) is 3.51. The fourth-order valence-electron chi connectivity index (χ4n) is 1.39. The van der Waals surface area contributed by atoms with E-state index in [0.717, 1.165) is 0 Å². The third-order valence-electron chi connectivity index (χ3n) is 2.36. The summed E-state index contributed by atoms with van der Waals surface area (Å²) < 4.78 is 27.0. The largest absolute Gasteiger partial charge is 0.469 e. The van der Waals surface area contributed by atoms with Gasteiger partial charge >= 0.3 is 5.97 Å². The van der Waals surface area contributed by atoms with Gasteiger partial charge in [0.2, 0.25) is 10.0 Å². The first kappa shape index (κ1) is 14.7. The summed E-state index contributed by atoms with van der Waals surface area (Å²) in [6, 6.07) is 0. The monoisotopic (exact) mass is 343 g/mol. The minimum absolute atomic E-state index is 0.148. The van der Waals surface area contributed by atoms with Gasteiger partial charge < -0.3 is 4.74 Å². The number of alkyl halides is 2. The van der Waals surface area contributed by atoms with E-state index in [1.807, 2.05) is 0 Å². The maximum atomic E-state index is 11.6. The van der Waals surface area contributed by atoms with E-state index in [2.05, 4.69) is 20.7 Å². The predicted molar refractivity (Wildman–Crippen MR) is 68.2 cm³/mol. The molecule has 96 valence electrons. The molecule has 0 aliphatic heterocycles. The molecule has 0 saturated carbocycles. The maximum absolute atomic E-state index is 11.6. The molecule has 17 heavy (non-hydrogen) atoms. The normalized spacial score (nSPS) is 28.7. The highest BCUT2D eigenvalue weighted by Crippen LogP contribution is 2.36. The van der Waals surface area contributed by atoms with E-state index in [-0.39, 0.29) is 10.2 Å². The average Bonchev–Trinajstić information content (AvgIpc) is 2.27. The lowest BCUT2D eigenvalue weighted by molar-refractivity contribution is -0.144. The summed E-state index contributed by atoms with van der Waals surface area (Å²) in [4.78, 5) is 10.4. The second kappa shape index (κ2) is 5.09. The number of ether oxygens (including phenoxy) is 1. The molecule has 8 heteroatoms. The summed E-state index contributed by atoms with van der Waals surface area (Å²) in [5.41, 5.74) is 0. The number of sulfonamides is 1. The Kier molecular flexibility index (Phi) is 4.40. The molecule has 0 aromatic carbocycles. The zero-order valence-corrected chi connectivity index (χ0v) is 12.0. The number of halogens is 2. The van der Waals surface area contributed by atoms with Crippen molar-refractivity contribution in [2.24, 2.45) is 11.1 Å². The number of methoxy groups -OCH3 is 1. The van der Waals surface area contributed by atoms with Crippen molar-refractivity contribution >= 4 is 43.5 Å². The molecule has 0 aromatic rings. The van der Waals surface area contributed by atoms with Crippen molar-refractivity contribution in [1.82, 2.24) is 0 Å². The van der Waals surface area contributed by atoms with E-state index in [4.69, 9.17) is 16.7 Å². The van der Waals surface area contributed by atoms with Gasteiger partial charge in [0, 0.05) is 5.33 Å². The van der Waals surface area contributed by atoms with Crippen molar-refractivity contribution in [3.63, 3.8) is 0 Å². The van der Waals surface area contributed by atoms with Gasteiger partial charge in [0.1, 0.15) is 0 Å². The molecule has 0 heterocycles. The number of nitrogens with two attached hydrogens (primary N) is 1. The van der Waals surface area contributed by atoms with Crippen molar-refractivity contribution in [3.05, 3.63) is 23.1 Å². The Labute approximate surface area is 113 Å². The Morgan fingerprint density at radius 3 is 2.71 bits per heavy atom. The van der Waals surface area contributed by atoms with E-state index >= 15 is 0 Å². The van der Waals surface area contributed by atoms with E-state index < -0.39 is 26.8 Å². The molecule has 0 amide bonds. The van der Waals surface area contributed by atoms with Crippen LogP contribution in [0.3, 0.4) is 0 Å². The number of carbonyl (C=O) groups excluding carboxylic acids is 1. The molecule has 2 unspecified atom stereocenters. The molecule has 2 atom stereocenters. The molecule has 1 aliphatic carbocycles. The highest BCUT2D eigenvalue weighted by molar-refractivity contribution is 9.09. The first-order valence-electron chi connectivity index (χ1n) is 4.51. The Morgan fingerprint density at radius 2 is 2.29 bits per heavy atom. The number of hydrogen-bond acceptors (Lipinski definition) is 4. The molecule has 0 aromatic heterocycles. The number of rotatable bonds is 3. The van der Waals surface area contributed by atoms with Crippen molar-refractivity contribution in [2.75, 3.05) is 12.4 Å². The molecule has 1 aliphatic rings. The Bertz CT molecular complexity index is 487. The van der Waals surface area contributed by atoms with Crippen molar-refractivity contribution in [3.8, 4) is 0 Å². The zero-order chi connectivity index (χ0) is 13.3. The first-order chi connectivity index (χ1) is 7.74. The molecule has 1 rings (SSSR count). The van der Waals surface area contributed by atoms with Crippen molar-refractivity contribution in [2.45, 2.75) is 4.87 Å². The fraction of sp³-hybridized carbons (Fsp3) is 0.444. The molecule has 2 N–H and O–H groups in total. The second-order valence-corrected chi connectivity index (χ2v) is 6.33. The van der Waals surface area contributed by atoms with Crippen LogP contribution in [-0.2, 0) is 19.6 Å². The SMILES string of the molecule is COC(=O)C1C=C(S(N)(=O)=O)C=CC1(Cl)CBr. The van der Waals surface area contributed by atoms with Crippen LogP contribution in [0.5, 0.6) is 0 Å².